The first-order chi connectivity index (χ1) is 8.90. The molecule has 1 aromatic heterocycles. The fourth-order valence-corrected chi connectivity index (χ4v) is 3.64. The number of nitrogen functional groups attached to an aromatic ring is 1. The van der Waals surface area contributed by atoms with E-state index < -0.39 is 15.8 Å². The number of benzene rings is 1. The summed E-state index contributed by atoms with van der Waals surface area (Å²) in [6, 6.07) is 7.47. The third-order valence-electron chi connectivity index (χ3n) is 2.53. The number of hydrogen-bond acceptors (Lipinski definition) is 4. The lowest BCUT2D eigenvalue weighted by Crippen LogP contribution is -2.24. The molecular formula is C12H13FN2O2S2. The quantitative estimate of drug-likeness (QED) is 0.851. The Morgan fingerprint density at radius 3 is 2.68 bits per heavy atom. The molecule has 7 heteroatoms. The Hall–Kier alpha value is -1.44. The number of rotatable bonds is 4. The van der Waals surface area contributed by atoms with Gasteiger partial charge < -0.3 is 5.73 Å². The van der Waals surface area contributed by atoms with Crippen LogP contribution in [0.25, 0.3) is 0 Å². The van der Waals surface area contributed by atoms with Crippen molar-refractivity contribution in [1.82, 2.24) is 4.72 Å². The number of thiophene rings is 1. The van der Waals surface area contributed by atoms with Crippen molar-refractivity contribution >= 4 is 27.0 Å². The van der Waals surface area contributed by atoms with E-state index in [1.165, 1.54) is 23.5 Å². The van der Waals surface area contributed by atoms with Crippen LogP contribution in [0.15, 0.2) is 35.2 Å². The van der Waals surface area contributed by atoms with Crippen molar-refractivity contribution in [2.24, 2.45) is 0 Å². The van der Waals surface area contributed by atoms with Crippen LogP contribution in [0, 0.1) is 12.7 Å². The first kappa shape index (κ1) is 14.0. The van der Waals surface area contributed by atoms with Gasteiger partial charge in [0.2, 0.25) is 10.0 Å². The largest absolute Gasteiger partial charge is 0.395 e. The first-order valence-corrected chi connectivity index (χ1v) is 7.79. The predicted octanol–water partition coefficient (Wildman–Crippen LogP) is 2.26. The van der Waals surface area contributed by atoms with Crippen LogP contribution in [0.5, 0.6) is 0 Å². The van der Waals surface area contributed by atoms with Crippen LogP contribution in [-0.4, -0.2) is 8.42 Å². The lowest BCUT2D eigenvalue weighted by Gasteiger charge is -2.08. The normalized spacial score (nSPS) is 11.7. The summed E-state index contributed by atoms with van der Waals surface area (Å²) in [6.07, 6.45) is 0. The third kappa shape index (κ3) is 3.12. The molecular weight excluding hydrogens is 287 g/mol. The summed E-state index contributed by atoms with van der Waals surface area (Å²) >= 11 is 1.50. The van der Waals surface area contributed by atoms with Gasteiger partial charge in [0, 0.05) is 16.3 Å². The Labute approximate surface area is 115 Å². The predicted molar refractivity (Wildman–Crippen MR) is 73.9 cm³/mol. The van der Waals surface area contributed by atoms with Gasteiger partial charge in [-0.25, -0.2) is 17.5 Å². The van der Waals surface area contributed by atoms with Gasteiger partial charge >= 0.3 is 0 Å². The van der Waals surface area contributed by atoms with E-state index in [9.17, 15) is 12.8 Å². The van der Waals surface area contributed by atoms with Crippen LogP contribution >= 0.6 is 11.3 Å². The highest BCUT2D eigenvalue weighted by Crippen LogP contribution is 2.22. The summed E-state index contributed by atoms with van der Waals surface area (Å²) in [5, 5.41) is 0. The zero-order chi connectivity index (χ0) is 14.0. The number of hydrogen-bond donors (Lipinski definition) is 2. The van der Waals surface area contributed by atoms with Crippen molar-refractivity contribution in [2.45, 2.75) is 18.4 Å². The van der Waals surface area contributed by atoms with E-state index in [1.54, 1.807) is 0 Å². The average Bonchev–Trinajstić information content (AvgIpc) is 2.76. The van der Waals surface area contributed by atoms with E-state index >= 15 is 0 Å². The maximum Gasteiger partial charge on any atom is 0.243 e. The van der Waals surface area contributed by atoms with Gasteiger partial charge in [0.15, 0.2) is 0 Å². The molecule has 4 nitrogen and oxygen atoms in total. The summed E-state index contributed by atoms with van der Waals surface area (Å²) in [7, 11) is -3.81. The zero-order valence-corrected chi connectivity index (χ0v) is 11.8. The van der Waals surface area contributed by atoms with Crippen molar-refractivity contribution in [3.05, 3.63) is 45.9 Å². The van der Waals surface area contributed by atoms with Crippen LogP contribution in [-0.2, 0) is 16.6 Å². The Balaban J connectivity index is 2.21. The van der Waals surface area contributed by atoms with Crippen molar-refractivity contribution in [3.63, 3.8) is 0 Å². The molecule has 0 aliphatic rings. The third-order valence-corrected chi connectivity index (χ3v) is 4.99. The standard InChI is InChI=1S/C12H13FN2O2S2/c1-8-5-6-9(18-8)7-15-19(16,17)11-4-2-3-10(13)12(11)14/h2-6,15H,7,14H2,1H3. The lowest BCUT2D eigenvalue weighted by atomic mass is 10.3. The molecule has 0 saturated carbocycles. The van der Waals surface area contributed by atoms with Gasteiger partial charge in [0.25, 0.3) is 0 Å². The molecule has 3 N–H and O–H groups in total. The monoisotopic (exact) mass is 300 g/mol. The van der Waals surface area contributed by atoms with E-state index in [2.05, 4.69) is 4.72 Å². The number of nitrogens with one attached hydrogen (secondary N) is 1. The Morgan fingerprint density at radius 1 is 1.32 bits per heavy atom. The van der Waals surface area contributed by atoms with Gasteiger partial charge in [0.05, 0.1) is 5.69 Å². The summed E-state index contributed by atoms with van der Waals surface area (Å²) < 4.78 is 39.7. The number of halogens is 1. The van der Waals surface area contributed by atoms with Crippen molar-refractivity contribution < 1.29 is 12.8 Å². The van der Waals surface area contributed by atoms with Crippen LogP contribution in [0.1, 0.15) is 9.75 Å². The molecule has 0 amide bonds. The van der Waals surface area contributed by atoms with Crippen LogP contribution < -0.4 is 10.5 Å². The number of nitrogens with two attached hydrogens (primary N) is 1. The minimum Gasteiger partial charge on any atom is -0.395 e. The van der Waals surface area contributed by atoms with Crippen molar-refractivity contribution in [3.8, 4) is 0 Å². The van der Waals surface area contributed by atoms with Gasteiger partial charge in [-0.2, -0.15) is 0 Å². The highest BCUT2D eigenvalue weighted by atomic mass is 32.2. The molecule has 0 fully saturated rings. The summed E-state index contributed by atoms with van der Waals surface area (Å²) in [5.74, 6) is -0.741. The number of anilines is 1. The Morgan fingerprint density at radius 2 is 2.05 bits per heavy atom. The summed E-state index contributed by atoms with van der Waals surface area (Å²) in [6.45, 7) is 2.10. The van der Waals surface area contributed by atoms with Gasteiger partial charge in [-0.1, -0.05) is 6.07 Å². The molecule has 0 bridgehead atoms. The fraction of sp³-hybridized carbons (Fsp3) is 0.167. The van der Waals surface area contributed by atoms with E-state index in [1.807, 2.05) is 19.1 Å². The number of aryl methyl sites for hydroxylation is 1. The molecule has 0 aliphatic heterocycles. The highest BCUT2D eigenvalue weighted by Gasteiger charge is 2.19. The molecule has 0 spiro atoms. The molecule has 0 unspecified atom stereocenters. The second-order valence-electron chi connectivity index (χ2n) is 3.99. The molecule has 102 valence electrons. The summed E-state index contributed by atoms with van der Waals surface area (Å²) in [4.78, 5) is 1.75. The first-order valence-electron chi connectivity index (χ1n) is 5.49. The minimum absolute atomic E-state index is 0.163. The topological polar surface area (TPSA) is 72.2 Å². The van der Waals surface area contributed by atoms with Crippen molar-refractivity contribution in [2.75, 3.05) is 5.73 Å². The van der Waals surface area contributed by atoms with Crippen molar-refractivity contribution in [1.29, 1.82) is 0 Å². The van der Waals surface area contributed by atoms with Crippen LogP contribution in [0.3, 0.4) is 0 Å². The second kappa shape index (κ2) is 5.28. The molecule has 2 rings (SSSR count). The molecule has 19 heavy (non-hydrogen) atoms. The average molecular weight is 300 g/mol. The minimum atomic E-state index is -3.81. The molecule has 1 aromatic carbocycles. The van der Waals surface area contributed by atoms with E-state index in [4.69, 9.17) is 5.73 Å². The van der Waals surface area contributed by atoms with Crippen LogP contribution in [0.2, 0.25) is 0 Å². The Bertz CT molecular complexity index is 696. The SMILES string of the molecule is Cc1ccc(CNS(=O)(=O)c2cccc(F)c2N)s1. The molecule has 0 radical (unpaired) electrons. The van der Waals surface area contributed by atoms with Crippen LogP contribution in [0.4, 0.5) is 10.1 Å². The van der Waals surface area contributed by atoms with Gasteiger partial charge in [-0.05, 0) is 31.2 Å². The Kier molecular flexibility index (Phi) is 3.88. The molecule has 0 atom stereocenters. The number of sulfonamides is 1. The van der Waals surface area contributed by atoms with E-state index in [0.717, 1.165) is 15.8 Å². The highest BCUT2D eigenvalue weighted by molar-refractivity contribution is 7.89. The van der Waals surface area contributed by atoms with Gasteiger partial charge in [-0.3, -0.25) is 0 Å². The van der Waals surface area contributed by atoms with Gasteiger partial charge in [-0.15, -0.1) is 11.3 Å². The molecule has 1 heterocycles. The maximum absolute atomic E-state index is 13.3. The molecule has 2 aromatic rings. The van der Waals surface area contributed by atoms with E-state index in [0.29, 0.717) is 0 Å². The fourth-order valence-electron chi connectivity index (χ4n) is 1.58. The zero-order valence-electron chi connectivity index (χ0n) is 10.2. The van der Waals surface area contributed by atoms with E-state index in [-0.39, 0.29) is 17.1 Å². The smallest absolute Gasteiger partial charge is 0.243 e. The molecule has 0 aliphatic carbocycles. The lowest BCUT2D eigenvalue weighted by molar-refractivity contribution is 0.579. The molecule has 0 saturated heterocycles. The van der Waals surface area contributed by atoms with Gasteiger partial charge in [0.1, 0.15) is 10.7 Å². The summed E-state index contributed by atoms with van der Waals surface area (Å²) in [5.41, 5.74) is 5.09. The number of para-hydroxylation sites is 1. The second-order valence-corrected chi connectivity index (χ2v) is 7.10. The maximum atomic E-state index is 13.3.